The minimum Gasteiger partial charge on any atom is -0.388 e. The van der Waals surface area contributed by atoms with Gasteiger partial charge < -0.3 is 51.1 Å². The van der Waals surface area contributed by atoms with E-state index >= 15 is 4.39 Å². The molecule has 0 aromatic carbocycles. The maximum atomic E-state index is 15.6. The number of piperidine rings is 1. The van der Waals surface area contributed by atoms with Crippen molar-refractivity contribution in [2.24, 2.45) is 5.92 Å². The number of piperazine rings is 2. The maximum Gasteiger partial charge on any atom is 0.292 e. The molecule has 0 spiro atoms. The van der Waals surface area contributed by atoms with Gasteiger partial charge in [-0.1, -0.05) is 0 Å². The summed E-state index contributed by atoms with van der Waals surface area (Å²) in [6, 6.07) is 9.64. The van der Waals surface area contributed by atoms with Crippen LogP contribution >= 0.6 is 0 Å². The quantitative estimate of drug-likeness (QED) is 0.122. The van der Waals surface area contributed by atoms with Gasteiger partial charge >= 0.3 is 0 Å². The fraction of sp³-hybridized carbons (Fsp3) is 0.537. The minimum absolute atomic E-state index is 0.107. The molecule has 5 aliphatic heterocycles. The third kappa shape index (κ3) is 8.06. The zero-order valence-corrected chi connectivity index (χ0v) is 33.0. The standard InChI is InChI=1S/C41H49F4N13O2/c42-30-1-4-56(20-33(30)59)39-12-26(55-5-2-46-3-6-55)10-36(53-39)51-35-14-31(43)24(15-49-35)7-23-8-29(23)32-17-50-38(18-48-32)52-37-11-27(58-19-25-9-28(58)16-47-25)13-40(54-37)57-21-34(60)41(44,45)22-57/h10-15,17-18,23,25,28-30,33-34,46-47,59-60H,1-9,16,19-22H2,(H,49,51,53)(H,50,52,54). The molecule has 60 heavy (non-hydrogen) atoms. The molecule has 6 fully saturated rings. The summed E-state index contributed by atoms with van der Waals surface area (Å²) in [7, 11) is 0. The molecule has 19 heteroatoms. The first-order valence-corrected chi connectivity index (χ1v) is 20.9. The second-order valence-electron chi connectivity index (χ2n) is 17.0. The number of halogens is 4. The molecule has 7 atom stereocenters. The zero-order valence-electron chi connectivity index (χ0n) is 33.0. The lowest BCUT2D eigenvalue weighted by Gasteiger charge is -2.35. The van der Waals surface area contributed by atoms with Crippen LogP contribution in [0.15, 0.2) is 48.9 Å². The molecule has 0 radical (unpaired) electrons. The van der Waals surface area contributed by atoms with E-state index in [2.05, 4.69) is 51.0 Å². The molecule has 5 saturated heterocycles. The molecule has 4 aromatic rings. The number of hydrogen-bond donors (Lipinski definition) is 6. The summed E-state index contributed by atoms with van der Waals surface area (Å²) in [5.41, 5.74) is 3.09. The van der Waals surface area contributed by atoms with Crippen molar-refractivity contribution < 1.29 is 27.8 Å². The van der Waals surface area contributed by atoms with Gasteiger partial charge in [-0.05, 0) is 31.6 Å². The summed E-state index contributed by atoms with van der Waals surface area (Å²) in [5.74, 6) is -0.688. The lowest BCUT2D eigenvalue weighted by molar-refractivity contribution is -0.0712. The van der Waals surface area contributed by atoms with E-state index in [1.165, 1.54) is 11.0 Å². The molecular weight excluding hydrogens is 783 g/mol. The highest BCUT2D eigenvalue weighted by molar-refractivity contribution is 5.68. The number of aliphatic hydroxyl groups is 2. The number of anilines is 8. The highest BCUT2D eigenvalue weighted by Crippen LogP contribution is 2.49. The molecule has 1 saturated carbocycles. The van der Waals surface area contributed by atoms with E-state index in [1.54, 1.807) is 18.6 Å². The summed E-state index contributed by atoms with van der Waals surface area (Å²) < 4.78 is 58.4. The summed E-state index contributed by atoms with van der Waals surface area (Å²) in [4.78, 5) is 31.0. The molecule has 10 rings (SSSR count). The van der Waals surface area contributed by atoms with Gasteiger partial charge in [0.05, 0.1) is 31.2 Å². The molecule has 7 unspecified atom stereocenters. The van der Waals surface area contributed by atoms with Crippen LogP contribution in [-0.2, 0) is 6.42 Å². The van der Waals surface area contributed by atoms with E-state index in [1.807, 2.05) is 29.2 Å². The Hall–Kier alpha value is -5.11. The summed E-state index contributed by atoms with van der Waals surface area (Å²) in [6.45, 7) is 4.69. The van der Waals surface area contributed by atoms with E-state index in [0.717, 1.165) is 69.2 Å². The van der Waals surface area contributed by atoms with E-state index in [4.69, 9.17) is 4.98 Å². The molecule has 0 amide bonds. The smallest absolute Gasteiger partial charge is 0.292 e. The maximum absolute atomic E-state index is 15.6. The molecular formula is C41H49F4N13O2. The lowest BCUT2D eigenvalue weighted by atomic mass is 10.1. The summed E-state index contributed by atoms with van der Waals surface area (Å²) in [6.07, 6.45) is 3.30. The second-order valence-corrected chi connectivity index (χ2v) is 17.0. The number of fused-ring (bicyclic) bond motifs is 2. The van der Waals surface area contributed by atoms with Gasteiger partial charge in [0.2, 0.25) is 0 Å². The van der Waals surface area contributed by atoms with Crippen LogP contribution in [0.3, 0.4) is 0 Å². The van der Waals surface area contributed by atoms with Gasteiger partial charge in [-0.3, -0.25) is 4.98 Å². The van der Waals surface area contributed by atoms with Crippen LogP contribution in [0.5, 0.6) is 0 Å². The van der Waals surface area contributed by atoms with Crippen molar-refractivity contribution in [2.45, 2.75) is 68.0 Å². The third-order valence-corrected chi connectivity index (χ3v) is 12.8. The first-order valence-electron chi connectivity index (χ1n) is 20.9. The van der Waals surface area contributed by atoms with Gasteiger partial charge in [-0.2, -0.15) is 0 Å². The van der Waals surface area contributed by atoms with Gasteiger partial charge in [0.15, 0.2) is 0 Å². The number of aromatic nitrogens is 5. The van der Waals surface area contributed by atoms with Crippen molar-refractivity contribution in [2.75, 3.05) is 95.7 Å². The molecule has 6 aliphatic rings. The molecule has 2 bridgehead atoms. The van der Waals surface area contributed by atoms with Gasteiger partial charge in [0.1, 0.15) is 59.1 Å². The van der Waals surface area contributed by atoms with Crippen LogP contribution < -0.4 is 40.9 Å². The first kappa shape index (κ1) is 39.1. The monoisotopic (exact) mass is 831 g/mol. The van der Waals surface area contributed by atoms with E-state index in [0.29, 0.717) is 65.5 Å². The number of nitrogens with zero attached hydrogens (tertiary/aromatic N) is 9. The minimum atomic E-state index is -3.22. The van der Waals surface area contributed by atoms with Crippen molar-refractivity contribution >= 4 is 46.3 Å². The van der Waals surface area contributed by atoms with E-state index in [-0.39, 0.29) is 37.2 Å². The number of pyridine rings is 3. The Bertz CT molecular complexity index is 2200. The number of rotatable bonds is 11. The van der Waals surface area contributed by atoms with Crippen molar-refractivity contribution in [3.05, 3.63) is 66.0 Å². The Morgan fingerprint density at radius 1 is 0.783 bits per heavy atom. The average molecular weight is 832 g/mol. The number of β-amino-alcohol motifs (C(OH)–C–C–N with tert-alkyl or cyclic N) is 2. The average Bonchev–Trinajstić information content (AvgIpc) is 3.50. The van der Waals surface area contributed by atoms with Crippen LogP contribution in [0.2, 0.25) is 0 Å². The largest absolute Gasteiger partial charge is 0.388 e. The summed E-state index contributed by atoms with van der Waals surface area (Å²) >= 11 is 0. The van der Waals surface area contributed by atoms with Crippen LogP contribution in [0.4, 0.5) is 63.8 Å². The van der Waals surface area contributed by atoms with E-state index in [9.17, 15) is 23.4 Å². The Labute approximate surface area is 344 Å². The number of alkyl halides is 3. The Morgan fingerprint density at radius 2 is 1.53 bits per heavy atom. The Balaban J connectivity index is 0.794. The van der Waals surface area contributed by atoms with E-state index < -0.39 is 30.8 Å². The number of aliphatic hydroxyl groups excluding tert-OH is 2. The van der Waals surface area contributed by atoms with Gasteiger partial charge in [0.25, 0.3) is 5.92 Å². The number of nitrogens with one attached hydrogen (secondary N) is 4. The molecule has 1 aliphatic carbocycles. The SMILES string of the molecule is OC1CN(c2cc(N3CCNCC3)cc(Nc3cc(F)c(CC4CC4c4cnc(Nc5cc(N6CC7CC6CN7)cc(N6CC(O)C(F)(F)C6)n5)cn4)cn3)n2)CCC1F. The fourth-order valence-electron chi connectivity index (χ4n) is 9.31. The normalized spacial score (nSPS) is 28.4. The Kier molecular flexibility index (Phi) is 10.2. The molecule has 15 nitrogen and oxygen atoms in total. The van der Waals surface area contributed by atoms with Gasteiger partial charge in [-0.15, -0.1) is 0 Å². The molecule has 318 valence electrons. The van der Waals surface area contributed by atoms with Crippen molar-refractivity contribution in [1.29, 1.82) is 0 Å². The van der Waals surface area contributed by atoms with Crippen LogP contribution in [0.1, 0.15) is 36.4 Å². The summed E-state index contributed by atoms with van der Waals surface area (Å²) in [5, 5.41) is 33.5. The van der Waals surface area contributed by atoms with Gasteiger partial charge in [-0.25, -0.2) is 37.5 Å². The highest BCUT2D eigenvalue weighted by Gasteiger charge is 2.48. The lowest BCUT2D eigenvalue weighted by Crippen LogP contribution is -2.46. The predicted molar refractivity (Wildman–Crippen MR) is 219 cm³/mol. The molecule has 9 heterocycles. The fourth-order valence-corrected chi connectivity index (χ4v) is 9.31. The predicted octanol–water partition coefficient (Wildman–Crippen LogP) is 3.32. The molecule has 6 N–H and O–H groups in total. The first-order chi connectivity index (χ1) is 29.0. The van der Waals surface area contributed by atoms with Gasteiger partial charge in [0, 0.05) is 124 Å². The van der Waals surface area contributed by atoms with Crippen molar-refractivity contribution in [3.63, 3.8) is 0 Å². The topological polar surface area (TPSA) is 166 Å². The molecule has 4 aromatic heterocycles. The van der Waals surface area contributed by atoms with Crippen LogP contribution in [0, 0.1) is 11.7 Å². The van der Waals surface area contributed by atoms with Crippen molar-refractivity contribution in [1.82, 2.24) is 35.6 Å². The third-order valence-electron chi connectivity index (χ3n) is 12.8. The Morgan fingerprint density at radius 3 is 2.22 bits per heavy atom. The number of hydrogen-bond acceptors (Lipinski definition) is 15. The van der Waals surface area contributed by atoms with Crippen molar-refractivity contribution in [3.8, 4) is 0 Å². The van der Waals surface area contributed by atoms with Crippen LogP contribution in [-0.4, -0.2) is 137 Å². The highest BCUT2D eigenvalue weighted by atomic mass is 19.3. The second kappa shape index (κ2) is 15.7. The zero-order chi connectivity index (χ0) is 41.1. The van der Waals surface area contributed by atoms with Crippen LogP contribution in [0.25, 0.3) is 0 Å².